The molecule has 4 aliphatic rings. The van der Waals surface area contributed by atoms with Crippen molar-refractivity contribution >= 4 is 5.97 Å². The summed E-state index contributed by atoms with van der Waals surface area (Å²) >= 11 is 0. The maximum Gasteiger partial charge on any atom is 0.309 e. The Hall–Kier alpha value is -0.530. The summed E-state index contributed by atoms with van der Waals surface area (Å²) in [6, 6.07) is 0. The lowest BCUT2D eigenvalue weighted by atomic mass is 9.44. The highest BCUT2D eigenvalue weighted by atomic mass is 16.4. The second-order valence-corrected chi connectivity index (χ2v) is 6.08. The van der Waals surface area contributed by atoms with Crippen LogP contribution in [0.4, 0.5) is 0 Å². The third-order valence-electron chi connectivity index (χ3n) is 5.39. The third-order valence-corrected chi connectivity index (χ3v) is 5.39. The highest BCUT2D eigenvalue weighted by Gasteiger charge is 2.59. The van der Waals surface area contributed by atoms with Gasteiger partial charge in [-0.15, -0.1) is 0 Å². The Kier molecular flexibility index (Phi) is 1.93. The van der Waals surface area contributed by atoms with E-state index in [4.69, 9.17) is 0 Å². The van der Waals surface area contributed by atoms with Gasteiger partial charge in [-0.2, -0.15) is 0 Å². The van der Waals surface area contributed by atoms with Gasteiger partial charge in [0.15, 0.2) is 0 Å². The molecule has 4 saturated carbocycles. The Morgan fingerprint density at radius 3 is 2.33 bits per heavy atom. The SMILES string of the molecule is CCC1C2CC3CC(C2)CC1(C(=O)O)C3. The van der Waals surface area contributed by atoms with E-state index >= 15 is 0 Å². The number of hydrogen-bond donors (Lipinski definition) is 1. The van der Waals surface area contributed by atoms with E-state index in [1.54, 1.807) is 0 Å². The van der Waals surface area contributed by atoms with Crippen LogP contribution in [0.1, 0.15) is 45.4 Å². The first kappa shape index (κ1) is 9.68. The van der Waals surface area contributed by atoms with Crippen LogP contribution in [0, 0.1) is 29.1 Å². The van der Waals surface area contributed by atoms with Gasteiger partial charge in [0, 0.05) is 0 Å². The molecule has 4 rings (SSSR count). The summed E-state index contributed by atoms with van der Waals surface area (Å²) < 4.78 is 0. The van der Waals surface area contributed by atoms with Crippen LogP contribution in [0.15, 0.2) is 0 Å². The van der Waals surface area contributed by atoms with E-state index in [0.717, 1.165) is 37.0 Å². The maximum absolute atomic E-state index is 11.6. The van der Waals surface area contributed by atoms with Gasteiger partial charge in [0.2, 0.25) is 0 Å². The predicted octanol–water partition coefficient (Wildman–Crippen LogP) is 2.92. The van der Waals surface area contributed by atoms with E-state index in [1.807, 2.05) is 0 Å². The smallest absolute Gasteiger partial charge is 0.309 e. The van der Waals surface area contributed by atoms with Gasteiger partial charge in [0.05, 0.1) is 5.41 Å². The number of carboxylic acid groups (broad SMARTS) is 1. The Morgan fingerprint density at radius 2 is 1.87 bits per heavy atom. The molecule has 0 saturated heterocycles. The molecule has 84 valence electrons. The molecule has 0 heterocycles. The lowest BCUT2D eigenvalue weighted by Gasteiger charge is -2.59. The van der Waals surface area contributed by atoms with Gasteiger partial charge in [0.1, 0.15) is 0 Å². The van der Waals surface area contributed by atoms with Crippen molar-refractivity contribution in [3.63, 3.8) is 0 Å². The zero-order chi connectivity index (χ0) is 10.6. The fraction of sp³-hybridized carbons (Fsp3) is 0.923. The van der Waals surface area contributed by atoms with E-state index in [1.165, 1.54) is 19.3 Å². The first-order valence-electron chi connectivity index (χ1n) is 6.39. The van der Waals surface area contributed by atoms with Crippen molar-refractivity contribution in [1.29, 1.82) is 0 Å². The van der Waals surface area contributed by atoms with Gasteiger partial charge < -0.3 is 5.11 Å². The van der Waals surface area contributed by atoms with Crippen molar-refractivity contribution in [1.82, 2.24) is 0 Å². The molecule has 3 atom stereocenters. The largest absolute Gasteiger partial charge is 0.481 e. The van der Waals surface area contributed by atoms with E-state index in [-0.39, 0.29) is 5.41 Å². The molecule has 4 fully saturated rings. The van der Waals surface area contributed by atoms with Gasteiger partial charge >= 0.3 is 5.97 Å². The standard InChI is InChI=1S/C13H20O2/c1-2-11-10-4-8-3-9(5-10)7-13(11,6-8)12(14)15/h8-11H,2-7H2,1H3,(H,14,15). The maximum atomic E-state index is 11.6. The van der Waals surface area contributed by atoms with Gasteiger partial charge in [-0.05, 0) is 55.8 Å². The molecule has 0 aromatic heterocycles. The van der Waals surface area contributed by atoms with Gasteiger partial charge in [-0.25, -0.2) is 0 Å². The predicted molar refractivity (Wildman–Crippen MR) is 57.4 cm³/mol. The minimum absolute atomic E-state index is 0.316. The Morgan fingerprint density at radius 1 is 1.27 bits per heavy atom. The normalized spacial score (nSPS) is 52.1. The van der Waals surface area contributed by atoms with Crippen molar-refractivity contribution in [3.05, 3.63) is 0 Å². The zero-order valence-electron chi connectivity index (χ0n) is 9.41. The van der Waals surface area contributed by atoms with Crippen LogP contribution in [-0.4, -0.2) is 11.1 Å². The molecular weight excluding hydrogens is 188 g/mol. The summed E-state index contributed by atoms with van der Waals surface area (Å²) in [5, 5.41) is 9.58. The molecule has 2 nitrogen and oxygen atoms in total. The van der Waals surface area contributed by atoms with Crippen LogP contribution < -0.4 is 0 Å². The zero-order valence-corrected chi connectivity index (χ0v) is 9.41. The average molecular weight is 208 g/mol. The first-order valence-corrected chi connectivity index (χ1v) is 6.39. The summed E-state index contributed by atoms with van der Waals surface area (Å²) in [7, 11) is 0. The second-order valence-electron chi connectivity index (χ2n) is 6.08. The quantitative estimate of drug-likeness (QED) is 0.757. The summed E-state index contributed by atoms with van der Waals surface area (Å²) in [5.74, 6) is 2.19. The third kappa shape index (κ3) is 1.14. The number of aliphatic carboxylic acids is 1. The van der Waals surface area contributed by atoms with E-state index in [9.17, 15) is 9.90 Å². The number of carboxylic acids is 1. The van der Waals surface area contributed by atoms with Crippen molar-refractivity contribution < 1.29 is 9.90 Å². The van der Waals surface area contributed by atoms with Crippen molar-refractivity contribution in [3.8, 4) is 0 Å². The summed E-state index contributed by atoms with van der Waals surface area (Å²) in [6.07, 6.45) is 6.99. The summed E-state index contributed by atoms with van der Waals surface area (Å²) in [5.41, 5.74) is -0.316. The van der Waals surface area contributed by atoms with Crippen molar-refractivity contribution in [2.45, 2.75) is 45.4 Å². The van der Waals surface area contributed by atoms with Crippen molar-refractivity contribution in [2.24, 2.45) is 29.1 Å². The monoisotopic (exact) mass is 208 g/mol. The minimum atomic E-state index is -0.492. The van der Waals surface area contributed by atoms with Crippen LogP contribution in [0.5, 0.6) is 0 Å². The van der Waals surface area contributed by atoms with Crippen LogP contribution in [0.2, 0.25) is 0 Å². The molecule has 0 spiro atoms. The molecule has 15 heavy (non-hydrogen) atoms. The minimum Gasteiger partial charge on any atom is -0.481 e. The first-order chi connectivity index (χ1) is 7.15. The van der Waals surface area contributed by atoms with Crippen molar-refractivity contribution in [2.75, 3.05) is 0 Å². The molecule has 0 aromatic carbocycles. The van der Waals surface area contributed by atoms with Crippen LogP contribution in [-0.2, 0) is 4.79 Å². The number of hydrogen-bond acceptors (Lipinski definition) is 1. The molecule has 2 heteroatoms. The molecule has 0 radical (unpaired) electrons. The van der Waals surface area contributed by atoms with Crippen LogP contribution in [0.3, 0.4) is 0 Å². The molecule has 0 aliphatic heterocycles. The summed E-state index contributed by atoms with van der Waals surface area (Å²) in [4.78, 5) is 11.6. The average Bonchev–Trinajstić information content (AvgIpc) is 2.16. The lowest BCUT2D eigenvalue weighted by Crippen LogP contribution is -2.56. The summed E-state index contributed by atoms with van der Waals surface area (Å²) in [6.45, 7) is 2.18. The van der Waals surface area contributed by atoms with E-state index in [0.29, 0.717) is 5.92 Å². The fourth-order valence-corrected chi connectivity index (χ4v) is 5.20. The van der Waals surface area contributed by atoms with Gasteiger partial charge in [-0.1, -0.05) is 13.3 Å². The Balaban J connectivity index is 2.00. The number of carbonyl (C=O) groups is 1. The second kappa shape index (κ2) is 2.99. The topological polar surface area (TPSA) is 37.3 Å². The molecule has 0 aromatic rings. The van der Waals surface area contributed by atoms with E-state index in [2.05, 4.69) is 6.92 Å². The highest BCUT2D eigenvalue weighted by molar-refractivity contribution is 5.75. The fourth-order valence-electron chi connectivity index (χ4n) is 5.20. The highest BCUT2D eigenvalue weighted by Crippen LogP contribution is 2.63. The van der Waals surface area contributed by atoms with Crippen LogP contribution in [0.25, 0.3) is 0 Å². The molecule has 4 bridgehead atoms. The molecular formula is C13H20O2. The Labute approximate surface area is 91.1 Å². The Bertz CT molecular complexity index is 283. The lowest BCUT2D eigenvalue weighted by molar-refractivity contribution is -0.177. The van der Waals surface area contributed by atoms with Gasteiger partial charge in [-0.3, -0.25) is 4.79 Å². The molecule has 0 amide bonds. The van der Waals surface area contributed by atoms with Gasteiger partial charge in [0.25, 0.3) is 0 Å². The van der Waals surface area contributed by atoms with Crippen LogP contribution >= 0.6 is 0 Å². The molecule has 4 aliphatic carbocycles. The molecule has 1 N–H and O–H groups in total. The number of rotatable bonds is 2. The molecule has 3 unspecified atom stereocenters. The van der Waals surface area contributed by atoms with E-state index < -0.39 is 5.97 Å².